The first-order chi connectivity index (χ1) is 6.25. The molecule has 0 N–H and O–H groups in total. The monoisotopic (exact) mass is 246 g/mol. The Hall–Kier alpha value is -0.610. The van der Waals surface area contributed by atoms with E-state index in [1.807, 2.05) is 0 Å². The van der Waals surface area contributed by atoms with Gasteiger partial charge >= 0.3 is 0 Å². The summed E-state index contributed by atoms with van der Waals surface area (Å²) in [6, 6.07) is 4.58. The fourth-order valence-corrected chi connectivity index (χ4v) is 1.28. The Morgan fingerprint density at radius 2 is 2.38 bits per heavy atom. The lowest BCUT2D eigenvalue weighted by atomic mass is 10.3. The van der Waals surface area contributed by atoms with Crippen LogP contribution >= 0.6 is 15.9 Å². The van der Waals surface area contributed by atoms with Gasteiger partial charge in [0.25, 0.3) is 0 Å². The smallest absolute Gasteiger partial charge is 0.137 e. The lowest BCUT2D eigenvalue weighted by molar-refractivity contribution is 0.262. The Kier molecular flexibility index (Phi) is 2.51. The Labute approximate surface area is 83.8 Å². The molecule has 0 aliphatic carbocycles. The topological polar surface area (TPSA) is 21.8 Å². The van der Waals surface area contributed by atoms with Crippen molar-refractivity contribution in [2.45, 2.75) is 6.10 Å². The first-order valence-electron chi connectivity index (χ1n) is 3.95. The minimum absolute atomic E-state index is 0.226. The molecule has 0 radical (unpaired) electrons. The maximum atomic E-state index is 12.8. The third-order valence-electron chi connectivity index (χ3n) is 1.73. The standard InChI is InChI=1S/C9H8BrFO2/c10-8-3-6(1-2-9(8)11)12-4-7-5-13-7/h1-3,7H,4-5H2/t7-/m1/s1. The highest BCUT2D eigenvalue weighted by Crippen LogP contribution is 2.22. The summed E-state index contributed by atoms with van der Waals surface area (Å²) in [6.07, 6.45) is 0.226. The van der Waals surface area contributed by atoms with Crippen LogP contribution in [0.1, 0.15) is 0 Å². The molecule has 0 amide bonds. The van der Waals surface area contributed by atoms with E-state index >= 15 is 0 Å². The molecule has 1 atom stereocenters. The number of benzene rings is 1. The van der Waals surface area contributed by atoms with Crippen molar-refractivity contribution in [3.8, 4) is 5.75 Å². The van der Waals surface area contributed by atoms with Crippen molar-refractivity contribution in [3.05, 3.63) is 28.5 Å². The van der Waals surface area contributed by atoms with Crippen molar-refractivity contribution in [3.63, 3.8) is 0 Å². The predicted molar refractivity (Wildman–Crippen MR) is 49.3 cm³/mol. The lowest BCUT2D eigenvalue weighted by Gasteiger charge is -2.04. The van der Waals surface area contributed by atoms with Crippen LogP contribution in [0, 0.1) is 5.82 Å². The first kappa shape index (κ1) is 8.97. The molecule has 1 saturated heterocycles. The Morgan fingerprint density at radius 1 is 1.62 bits per heavy atom. The maximum absolute atomic E-state index is 12.8. The molecule has 0 aromatic heterocycles. The molecule has 1 fully saturated rings. The third-order valence-corrected chi connectivity index (χ3v) is 2.34. The van der Waals surface area contributed by atoms with Gasteiger partial charge in [-0.2, -0.15) is 0 Å². The van der Waals surface area contributed by atoms with Gasteiger partial charge in [0.05, 0.1) is 11.1 Å². The van der Waals surface area contributed by atoms with E-state index in [2.05, 4.69) is 15.9 Å². The Morgan fingerprint density at radius 3 is 3.00 bits per heavy atom. The average Bonchev–Trinajstić information content (AvgIpc) is 2.91. The second-order valence-electron chi connectivity index (χ2n) is 2.84. The van der Waals surface area contributed by atoms with Crippen molar-refractivity contribution in [1.82, 2.24) is 0 Å². The quantitative estimate of drug-likeness (QED) is 0.765. The van der Waals surface area contributed by atoms with E-state index in [9.17, 15) is 4.39 Å². The highest BCUT2D eigenvalue weighted by Gasteiger charge is 2.23. The van der Waals surface area contributed by atoms with Gasteiger partial charge in [-0.15, -0.1) is 0 Å². The van der Waals surface area contributed by atoms with E-state index in [0.29, 0.717) is 16.8 Å². The normalized spacial score (nSPS) is 20.0. The van der Waals surface area contributed by atoms with Crippen molar-refractivity contribution in [2.75, 3.05) is 13.2 Å². The largest absolute Gasteiger partial charge is 0.491 e. The molecule has 70 valence electrons. The van der Waals surface area contributed by atoms with Crippen molar-refractivity contribution < 1.29 is 13.9 Å². The fraction of sp³-hybridized carbons (Fsp3) is 0.333. The summed E-state index contributed by atoms with van der Waals surface area (Å²) in [6.45, 7) is 1.31. The van der Waals surface area contributed by atoms with Crippen LogP contribution in [0.15, 0.2) is 22.7 Å². The van der Waals surface area contributed by atoms with E-state index in [4.69, 9.17) is 9.47 Å². The molecule has 0 saturated carbocycles. The summed E-state index contributed by atoms with van der Waals surface area (Å²) in [5.41, 5.74) is 0. The molecule has 0 unspecified atom stereocenters. The molecule has 2 nitrogen and oxygen atoms in total. The van der Waals surface area contributed by atoms with Crippen LogP contribution in [-0.2, 0) is 4.74 Å². The number of hydrogen-bond acceptors (Lipinski definition) is 2. The van der Waals surface area contributed by atoms with Crippen LogP contribution in [-0.4, -0.2) is 19.3 Å². The number of ether oxygens (including phenoxy) is 2. The summed E-state index contributed by atoms with van der Waals surface area (Å²) in [5, 5.41) is 0. The molecular weight excluding hydrogens is 239 g/mol. The first-order valence-corrected chi connectivity index (χ1v) is 4.74. The number of halogens is 2. The van der Waals surface area contributed by atoms with Gasteiger partial charge in [0, 0.05) is 0 Å². The van der Waals surface area contributed by atoms with Gasteiger partial charge < -0.3 is 9.47 Å². The summed E-state index contributed by atoms with van der Waals surface area (Å²) >= 11 is 3.08. The predicted octanol–water partition coefficient (Wildman–Crippen LogP) is 2.37. The van der Waals surface area contributed by atoms with Gasteiger partial charge in [-0.05, 0) is 34.1 Å². The zero-order chi connectivity index (χ0) is 9.26. The molecule has 13 heavy (non-hydrogen) atoms. The maximum Gasteiger partial charge on any atom is 0.137 e. The molecule has 0 bridgehead atoms. The van der Waals surface area contributed by atoms with E-state index < -0.39 is 0 Å². The molecule has 1 aromatic carbocycles. The summed E-state index contributed by atoms with van der Waals surface area (Å²) in [5.74, 6) is 0.374. The zero-order valence-corrected chi connectivity index (χ0v) is 8.38. The van der Waals surface area contributed by atoms with E-state index in [-0.39, 0.29) is 11.9 Å². The molecular formula is C9H8BrFO2. The fourth-order valence-electron chi connectivity index (χ4n) is 0.920. The van der Waals surface area contributed by atoms with Gasteiger partial charge in [0.2, 0.25) is 0 Å². The SMILES string of the molecule is Fc1ccc(OC[C@@H]2CO2)cc1Br. The third kappa shape index (κ3) is 2.42. The van der Waals surface area contributed by atoms with Crippen molar-refractivity contribution in [2.24, 2.45) is 0 Å². The number of rotatable bonds is 3. The number of hydrogen-bond donors (Lipinski definition) is 0. The van der Waals surface area contributed by atoms with Crippen LogP contribution in [0.5, 0.6) is 5.75 Å². The Bertz CT molecular complexity index is 312. The molecule has 1 aliphatic heterocycles. The second-order valence-corrected chi connectivity index (χ2v) is 3.70. The van der Waals surface area contributed by atoms with Crippen molar-refractivity contribution in [1.29, 1.82) is 0 Å². The second kappa shape index (κ2) is 3.64. The van der Waals surface area contributed by atoms with Crippen LogP contribution in [0.3, 0.4) is 0 Å². The summed E-state index contributed by atoms with van der Waals surface area (Å²) < 4.78 is 23.5. The molecule has 4 heteroatoms. The average molecular weight is 247 g/mol. The highest BCUT2D eigenvalue weighted by molar-refractivity contribution is 9.10. The van der Waals surface area contributed by atoms with Gasteiger partial charge in [-0.25, -0.2) is 4.39 Å². The van der Waals surface area contributed by atoms with Crippen LogP contribution in [0.4, 0.5) is 4.39 Å². The van der Waals surface area contributed by atoms with Crippen LogP contribution < -0.4 is 4.74 Å². The van der Waals surface area contributed by atoms with Gasteiger partial charge in [-0.1, -0.05) is 0 Å². The lowest BCUT2D eigenvalue weighted by Crippen LogP contribution is -2.03. The molecule has 0 spiro atoms. The molecule has 1 aromatic rings. The van der Waals surface area contributed by atoms with E-state index in [1.165, 1.54) is 6.07 Å². The van der Waals surface area contributed by atoms with E-state index in [1.54, 1.807) is 12.1 Å². The Balaban J connectivity index is 1.98. The molecule has 2 rings (SSSR count). The van der Waals surface area contributed by atoms with E-state index in [0.717, 1.165) is 6.61 Å². The van der Waals surface area contributed by atoms with Crippen molar-refractivity contribution >= 4 is 15.9 Å². The molecule has 1 aliphatic rings. The molecule has 1 heterocycles. The van der Waals surface area contributed by atoms with Gasteiger partial charge in [0.15, 0.2) is 0 Å². The van der Waals surface area contributed by atoms with Crippen LogP contribution in [0.25, 0.3) is 0 Å². The van der Waals surface area contributed by atoms with Gasteiger partial charge in [0.1, 0.15) is 24.3 Å². The minimum atomic E-state index is -0.282. The summed E-state index contributed by atoms with van der Waals surface area (Å²) in [4.78, 5) is 0. The number of epoxide rings is 1. The van der Waals surface area contributed by atoms with Gasteiger partial charge in [-0.3, -0.25) is 0 Å². The van der Waals surface area contributed by atoms with Crippen LogP contribution in [0.2, 0.25) is 0 Å². The zero-order valence-electron chi connectivity index (χ0n) is 6.80. The highest BCUT2D eigenvalue weighted by atomic mass is 79.9. The summed E-state index contributed by atoms with van der Waals surface area (Å²) in [7, 11) is 0. The minimum Gasteiger partial charge on any atom is -0.491 e.